The fraction of sp³-hybridized carbons (Fsp3) is 0.630. The number of sulfonamides is 1. The molecule has 11 heteroatoms. The van der Waals surface area contributed by atoms with E-state index in [2.05, 4.69) is 40.3 Å². The number of likely N-dealkylation sites (tertiary alicyclic amines) is 1. The van der Waals surface area contributed by atoms with Crippen LogP contribution >= 0.6 is 0 Å². The summed E-state index contributed by atoms with van der Waals surface area (Å²) in [5.41, 5.74) is 1.30. The summed E-state index contributed by atoms with van der Waals surface area (Å²) >= 11 is 0. The molecule has 3 heterocycles. The van der Waals surface area contributed by atoms with Gasteiger partial charge in [-0.15, -0.1) is 0 Å². The SMILES string of the molecule is C=CC(=O)N1C[C@H](n2ncc3c(N4C[C@H](C)N[C@@H](C)C4)cc(S(=O)(=O)NC4(C)CC4)cc32)C[C@H]1CN(C)C. The summed E-state index contributed by atoms with van der Waals surface area (Å²) in [6.45, 7) is 12.7. The van der Waals surface area contributed by atoms with E-state index in [1.165, 1.54) is 6.08 Å². The molecule has 1 aliphatic carbocycles. The second-order valence-corrected chi connectivity index (χ2v) is 13.7. The van der Waals surface area contributed by atoms with Gasteiger partial charge in [0.05, 0.1) is 22.7 Å². The van der Waals surface area contributed by atoms with Crippen LogP contribution in [0.4, 0.5) is 5.69 Å². The number of fused-ring (bicyclic) bond motifs is 1. The Labute approximate surface area is 226 Å². The van der Waals surface area contributed by atoms with Crippen molar-refractivity contribution >= 4 is 32.5 Å². The van der Waals surface area contributed by atoms with E-state index in [-0.39, 0.29) is 40.5 Å². The molecule has 38 heavy (non-hydrogen) atoms. The number of anilines is 1. The molecule has 2 saturated heterocycles. The molecule has 1 amide bonds. The van der Waals surface area contributed by atoms with Crippen LogP contribution in [0.2, 0.25) is 0 Å². The molecule has 3 aliphatic rings. The largest absolute Gasteiger partial charge is 0.368 e. The van der Waals surface area contributed by atoms with Crippen molar-refractivity contribution < 1.29 is 13.2 Å². The molecular formula is C27H41N7O3S. The van der Waals surface area contributed by atoms with Crippen molar-refractivity contribution in [2.45, 2.75) is 74.6 Å². The van der Waals surface area contributed by atoms with Crippen molar-refractivity contribution in [3.8, 4) is 0 Å². The Bertz CT molecular complexity index is 1320. The van der Waals surface area contributed by atoms with Gasteiger partial charge in [0.1, 0.15) is 0 Å². The van der Waals surface area contributed by atoms with Crippen LogP contribution in [0.5, 0.6) is 0 Å². The van der Waals surface area contributed by atoms with E-state index < -0.39 is 10.0 Å². The Morgan fingerprint density at radius 2 is 1.92 bits per heavy atom. The normalized spacial score (nSPS) is 27.3. The molecule has 0 unspecified atom stereocenters. The Balaban J connectivity index is 1.59. The maximum absolute atomic E-state index is 13.6. The van der Waals surface area contributed by atoms with Crippen LogP contribution in [-0.4, -0.2) is 97.8 Å². The first kappa shape index (κ1) is 27.1. The van der Waals surface area contributed by atoms with E-state index in [1.807, 2.05) is 42.9 Å². The van der Waals surface area contributed by atoms with Crippen molar-refractivity contribution in [1.29, 1.82) is 0 Å². The number of piperazine rings is 1. The van der Waals surface area contributed by atoms with E-state index in [4.69, 9.17) is 5.10 Å². The van der Waals surface area contributed by atoms with Crippen LogP contribution in [-0.2, 0) is 14.8 Å². The van der Waals surface area contributed by atoms with Crippen molar-refractivity contribution in [3.63, 3.8) is 0 Å². The number of benzene rings is 1. The molecular weight excluding hydrogens is 502 g/mol. The number of nitrogens with one attached hydrogen (secondary N) is 2. The zero-order chi connectivity index (χ0) is 27.4. The molecule has 10 nitrogen and oxygen atoms in total. The highest BCUT2D eigenvalue weighted by Crippen LogP contribution is 2.39. The van der Waals surface area contributed by atoms with Crippen LogP contribution in [0.3, 0.4) is 0 Å². The molecule has 0 radical (unpaired) electrons. The van der Waals surface area contributed by atoms with Gasteiger partial charge >= 0.3 is 0 Å². The van der Waals surface area contributed by atoms with E-state index in [9.17, 15) is 13.2 Å². The molecule has 1 saturated carbocycles. The van der Waals surface area contributed by atoms with Crippen LogP contribution < -0.4 is 14.9 Å². The van der Waals surface area contributed by atoms with Gasteiger partial charge in [0.25, 0.3) is 0 Å². The second kappa shape index (κ2) is 9.93. The summed E-state index contributed by atoms with van der Waals surface area (Å²) in [5, 5.41) is 9.29. The topological polar surface area (TPSA) is 103 Å². The fourth-order valence-corrected chi connectivity index (χ4v) is 7.56. The number of hydrogen-bond acceptors (Lipinski definition) is 7. The van der Waals surface area contributed by atoms with E-state index >= 15 is 0 Å². The van der Waals surface area contributed by atoms with Crippen LogP contribution in [0.15, 0.2) is 35.9 Å². The zero-order valence-electron chi connectivity index (χ0n) is 23.1. The number of likely N-dealkylation sites (N-methyl/N-ethyl adjacent to an activating group) is 1. The average molecular weight is 544 g/mol. The van der Waals surface area contributed by atoms with Gasteiger partial charge in [-0.3, -0.25) is 9.48 Å². The van der Waals surface area contributed by atoms with Crippen molar-refractivity contribution in [2.24, 2.45) is 0 Å². The van der Waals surface area contributed by atoms with Crippen molar-refractivity contribution in [1.82, 2.24) is 29.6 Å². The third-order valence-electron chi connectivity index (χ3n) is 8.03. The summed E-state index contributed by atoms with van der Waals surface area (Å²) in [4.78, 5) is 19.2. The van der Waals surface area contributed by atoms with Crippen LogP contribution in [0.25, 0.3) is 10.9 Å². The lowest BCUT2D eigenvalue weighted by atomic mass is 10.1. The van der Waals surface area contributed by atoms with E-state index in [0.29, 0.717) is 6.54 Å². The molecule has 4 atom stereocenters. The number of hydrogen-bond donors (Lipinski definition) is 2. The van der Waals surface area contributed by atoms with E-state index in [1.54, 1.807) is 6.07 Å². The molecule has 5 rings (SSSR count). The minimum absolute atomic E-state index is 0.0255. The maximum atomic E-state index is 13.6. The van der Waals surface area contributed by atoms with Gasteiger partial charge < -0.3 is 20.0 Å². The summed E-state index contributed by atoms with van der Waals surface area (Å²) in [5.74, 6) is -0.0922. The monoisotopic (exact) mass is 543 g/mol. The summed E-state index contributed by atoms with van der Waals surface area (Å²) < 4.78 is 32.0. The third-order valence-corrected chi connectivity index (χ3v) is 9.65. The molecule has 208 valence electrons. The standard InChI is InChI=1S/C27H41N7O3S/c1-7-26(35)33-17-21(10-20(33)16-31(5)6)34-25-12-22(38(36,37)30-27(4)8-9-27)11-24(23(25)13-28-34)32-14-18(2)29-19(3)15-32/h7,11-13,18-21,29-30H,1,8-10,14-17H2,2-6H3/t18-,19-,20-,21+/m0/s1. The highest BCUT2D eigenvalue weighted by Gasteiger charge is 2.42. The number of amides is 1. The van der Waals surface area contributed by atoms with Crippen LogP contribution in [0, 0.1) is 0 Å². The van der Waals surface area contributed by atoms with Gasteiger partial charge in [-0.05, 0) is 72.3 Å². The Hall–Kier alpha value is -2.47. The molecule has 0 spiro atoms. The Morgan fingerprint density at radius 1 is 1.24 bits per heavy atom. The minimum atomic E-state index is -3.73. The van der Waals surface area contributed by atoms with Gasteiger partial charge in [0, 0.05) is 60.9 Å². The molecule has 0 bridgehead atoms. The summed E-state index contributed by atoms with van der Waals surface area (Å²) in [7, 11) is 0.273. The van der Waals surface area contributed by atoms with Crippen LogP contribution in [0.1, 0.15) is 46.1 Å². The molecule has 3 fully saturated rings. The summed E-state index contributed by atoms with van der Waals surface area (Å²) in [6, 6.07) is 4.07. The highest BCUT2D eigenvalue weighted by molar-refractivity contribution is 7.89. The van der Waals surface area contributed by atoms with Gasteiger partial charge in [-0.2, -0.15) is 5.10 Å². The smallest absolute Gasteiger partial charge is 0.246 e. The molecule has 2 aromatic rings. The Morgan fingerprint density at radius 3 is 2.53 bits per heavy atom. The quantitative estimate of drug-likeness (QED) is 0.491. The highest BCUT2D eigenvalue weighted by atomic mass is 32.2. The molecule has 1 aromatic heterocycles. The first-order chi connectivity index (χ1) is 17.9. The van der Waals surface area contributed by atoms with Gasteiger partial charge in [-0.25, -0.2) is 13.1 Å². The van der Waals surface area contributed by atoms with Crippen molar-refractivity contribution in [3.05, 3.63) is 31.0 Å². The minimum Gasteiger partial charge on any atom is -0.368 e. The lowest BCUT2D eigenvalue weighted by Gasteiger charge is -2.38. The third kappa shape index (κ3) is 5.34. The lowest BCUT2D eigenvalue weighted by Crippen LogP contribution is -2.54. The number of carbonyl (C=O) groups is 1. The Kier molecular flexibility index (Phi) is 7.08. The fourth-order valence-electron chi connectivity index (χ4n) is 6.06. The molecule has 2 aliphatic heterocycles. The predicted molar refractivity (Wildman–Crippen MR) is 150 cm³/mol. The number of aromatic nitrogens is 2. The number of carbonyl (C=O) groups excluding carboxylic acids is 1. The second-order valence-electron chi connectivity index (χ2n) is 12.0. The zero-order valence-corrected chi connectivity index (χ0v) is 24.0. The molecule has 1 aromatic carbocycles. The van der Waals surface area contributed by atoms with Crippen molar-refractivity contribution in [2.75, 3.05) is 45.2 Å². The maximum Gasteiger partial charge on any atom is 0.246 e. The average Bonchev–Trinajstić information content (AvgIpc) is 3.22. The molecule has 2 N–H and O–H groups in total. The summed E-state index contributed by atoms with van der Waals surface area (Å²) in [6.07, 6.45) is 5.64. The van der Waals surface area contributed by atoms with Gasteiger partial charge in [0.15, 0.2) is 0 Å². The van der Waals surface area contributed by atoms with E-state index in [0.717, 1.165) is 55.5 Å². The van der Waals surface area contributed by atoms with Gasteiger partial charge in [-0.1, -0.05) is 6.58 Å². The lowest BCUT2D eigenvalue weighted by molar-refractivity contribution is -0.127. The first-order valence-corrected chi connectivity index (χ1v) is 15.0. The van der Waals surface area contributed by atoms with Gasteiger partial charge in [0.2, 0.25) is 15.9 Å². The number of rotatable bonds is 8. The predicted octanol–water partition coefficient (Wildman–Crippen LogP) is 1.94. The first-order valence-electron chi connectivity index (χ1n) is 13.5. The number of nitrogens with zero attached hydrogens (tertiary/aromatic N) is 5.